The van der Waals surface area contributed by atoms with Crippen molar-refractivity contribution in [3.05, 3.63) is 70.0 Å². The summed E-state index contributed by atoms with van der Waals surface area (Å²) in [5.41, 5.74) is 0.643. The quantitative estimate of drug-likeness (QED) is 0.576. The van der Waals surface area contributed by atoms with Crippen LogP contribution in [0.3, 0.4) is 0 Å². The Balaban J connectivity index is 2.02. The number of rotatable bonds is 4. The Kier molecular flexibility index (Phi) is 4.83. The average Bonchev–Trinajstić information content (AvgIpc) is 2.93. The van der Waals surface area contributed by atoms with E-state index in [9.17, 15) is 26.0 Å². The van der Waals surface area contributed by atoms with Crippen LogP contribution in [0.1, 0.15) is 40.2 Å². The van der Waals surface area contributed by atoms with Crippen LogP contribution in [-0.4, -0.2) is 14.7 Å². The number of halogens is 4. The topological polar surface area (TPSA) is 43.4 Å². The largest absolute Gasteiger partial charge is 0.416 e. The van der Waals surface area contributed by atoms with Crippen molar-refractivity contribution in [1.82, 2.24) is 0 Å². The van der Waals surface area contributed by atoms with Crippen molar-refractivity contribution in [3.8, 4) is 0 Å². The molecule has 3 nitrogen and oxygen atoms in total. The number of aryl methyl sites for hydroxylation is 1. The van der Waals surface area contributed by atoms with E-state index in [1.54, 1.807) is 6.07 Å². The van der Waals surface area contributed by atoms with Crippen molar-refractivity contribution in [2.24, 2.45) is 0 Å². The Morgan fingerprint density at radius 1 is 1.15 bits per heavy atom. The predicted molar refractivity (Wildman–Crippen MR) is 87.6 cm³/mol. The van der Waals surface area contributed by atoms with Gasteiger partial charge in [-0.15, -0.1) is 0 Å². The SMILES string of the molecule is CS(=O)(=O)OCc1cc2c(cc1F)CCC2c1ccccc1C(F)(F)F. The number of hydrogen-bond donors (Lipinski definition) is 0. The van der Waals surface area contributed by atoms with Crippen molar-refractivity contribution in [2.75, 3.05) is 6.26 Å². The number of alkyl halides is 3. The second-order valence-corrected chi connectivity index (χ2v) is 7.93. The fourth-order valence-corrected chi connectivity index (χ4v) is 3.68. The van der Waals surface area contributed by atoms with Gasteiger partial charge in [-0.2, -0.15) is 21.6 Å². The fourth-order valence-electron chi connectivity index (χ4n) is 3.34. The smallest absolute Gasteiger partial charge is 0.265 e. The van der Waals surface area contributed by atoms with Crippen molar-refractivity contribution in [2.45, 2.75) is 31.5 Å². The number of hydrogen-bond acceptors (Lipinski definition) is 3. The zero-order valence-corrected chi connectivity index (χ0v) is 14.6. The fraction of sp³-hybridized carbons (Fsp3) is 0.333. The lowest BCUT2D eigenvalue weighted by Crippen LogP contribution is -2.12. The Hall–Kier alpha value is -1.93. The maximum absolute atomic E-state index is 14.2. The lowest BCUT2D eigenvalue weighted by molar-refractivity contribution is -0.138. The standard InChI is InChI=1S/C18H16F4O3S/c1-26(23,24)25-10-12-8-15-11(9-17(12)19)6-7-13(15)14-4-2-3-5-16(14)18(20,21)22/h2-5,8-9,13H,6-7,10H2,1H3. The molecule has 0 fully saturated rings. The molecular weight excluding hydrogens is 372 g/mol. The summed E-state index contributed by atoms with van der Waals surface area (Å²) in [5.74, 6) is -1.16. The molecule has 0 N–H and O–H groups in total. The molecule has 8 heteroatoms. The van der Waals surface area contributed by atoms with Crippen LogP contribution >= 0.6 is 0 Å². The van der Waals surface area contributed by atoms with Gasteiger partial charge in [-0.1, -0.05) is 18.2 Å². The molecule has 0 aliphatic heterocycles. The molecule has 1 aliphatic rings. The Labute approximate surface area is 148 Å². The third-order valence-corrected chi connectivity index (χ3v) is 5.00. The van der Waals surface area contributed by atoms with Gasteiger partial charge in [0.25, 0.3) is 10.1 Å². The summed E-state index contributed by atoms with van der Waals surface area (Å²) in [4.78, 5) is 0. The van der Waals surface area contributed by atoms with Gasteiger partial charge in [-0.25, -0.2) is 4.39 Å². The molecule has 0 heterocycles. The minimum atomic E-state index is -4.48. The third kappa shape index (κ3) is 3.91. The lowest BCUT2D eigenvalue weighted by Gasteiger charge is -2.19. The Morgan fingerprint density at radius 2 is 1.85 bits per heavy atom. The summed E-state index contributed by atoms with van der Waals surface area (Å²) in [5, 5.41) is 0. The first-order valence-electron chi connectivity index (χ1n) is 7.88. The van der Waals surface area contributed by atoms with Gasteiger partial charge in [0.1, 0.15) is 5.82 Å². The second-order valence-electron chi connectivity index (χ2n) is 6.29. The summed E-state index contributed by atoms with van der Waals surface area (Å²) in [7, 11) is -3.76. The highest BCUT2D eigenvalue weighted by Gasteiger charge is 2.37. The molecule has 26 heavy (non-hydrogen) atoms. The highest BCUT2D eigenvalue weighted by molar-refractivity contribution is 7.85. The van der Waals surface area contributed by atoms with Crippen LogP contribution in [-0.2, 0) is 33.5 Å². The molecule has 0 spiro atoms. The third-order valence-electron chi connectivity index (χ3n) is 4.46. The first-order valence-corrected chi connectivity index (χ1v) is 9.69. The molecule has 0 bridgehead atoms. The summed E-state index contributed by atoms with van der Waals surface area (Å²) < 4.78 is 81.0. The summed E-state index contributed by atoms with van der Waals surface area (Å²) in [6.07, 6.45) is -2.75. The van der Waals surface area contributed by atoms with E-state index in [1.807, 2.05) is 0 Å². The van der Waals surface area contributed by atoms with Gasteiger partial charge < -0.3 is 0 Å². The molecule has 140 valence electrons. The molecule has 2 aromatic rings. The first-order chi connectivity index (χ1) is 12.1. The minimum absolute atomic E-state index is 0.00515. The maximum atomic E-state index is 14.2. The summed E-state index contributed by atoms with van der Waals surface area (Å²) >= 11 is 0. The second kappa shape index (κ2) is 6.66. The molecule has 3 rings (SSSR count). The van der Waals surface area contributed by atoms with E-state index in [1.165, 1.54) is 24.3 Å². The van der Waals surface area contributed by atoms with E-state index < -0.39 is 40.2 Å². The van der Waals surface area contributed by atoms with Crippen LogP contribution in [0.5, 0.6) is 0 Å². The molecule has 0 saturated heterocycles. The first kappa shape index (κ1) is 18.8. The van der Waals surface area contributed by atoms with Crippen LogP contribution in [0.15, 0.2) is 36.4 Å². The van der Waals surface area contributed by atoms with Gasteiger partial charge in [0.15, 0.2) is 0 Å². The van der Waals surface area contributed by atoms with Crippen LogP contribution in [0.25, 0.3) is 0 Å². The molecule has 1 aliphatic carbocycles. The van der Waals surface area contributed by atoms with E-state index in [2.05, 4.69) is 4.18 Å². The van der Waals surface area contributed by atoms with E-state index in [4.69, 9.17) is 0 Å². The predicted octanol–water partition coefficient (Wildman–Crippen LogP) is 4.40. The molecule has 1 atom stereocenters. The zero-order chi connectivity index (χ0) is 19.1. The molecule has 2 aromatic carbocycles. The van der Waals surface area contributed by atoms with Gasteiger partial charge in [-0.05, 0) is 47.7 Å². The monoisotopic (exact) mass is 388 g/mol. The molecule has 0 saturated carbocycles. The molecule has 0 aromatic heterocycles. The van der Waals surface area contributed by atoms with Crippen molar-refractivity contribution in [1.29, 1.82) is 0 Å². The molecular formula is C18H16F4O3S. The molecule has 0 radical (unpaired) electrons. The zero-order valence-electron chi connectivity index (χ0n) is 13.8. The van der Waals surface area contributed by atoms with Crippen molar-refractivity contribution in [3.63, 3.8) is 0 Å². The highest BCUT2D eigenvalue weighted by atomic mass is 32.2. The molecule has 1 unspecified atom stereocenters. The summed E-state index contributed by atoms with van der Waals surface area (Å²) in [6, 6.07) is 8.01. The number of fused-ring (bicyclic) bond motifs is 1. The normalized spacial score (nSPS) is 17.3. The van der Waals surface area contributed by atoms with Crippen LogP contribution in [0.4, 0.5) is 17.6 Å². The van der Waals surface area contributed by atoms with E-state index in [-0.39, 0.29) is 11.1 Å². The van der Waals surface area contributed by atoms with Crippen LogP contribution in [0.2, 0.25) is 0 Å². The van der Waals surface area contributed by atoms with E-state index >= 15 is 0 Å². The van der Waals surface area contributed by atoms with Crippen LogP contribution in [0, 0.1) is 5.82 Å². The number of benzene rings is 2. The highest BCUT2D eigenvalue weighted by Crippen LogP contribution is 2.44. The van der Waals surface area contributed by atoms with Gasteiger partial charge in [-0.3, -0.25) is 4.18 Å². The summed E-state index contributed by atoms with van der Waals surface area (Å²) in [6.45, 7) is -0.494. The molecule has 0 amide bonds. The van der Waals surface area contributed by atoms with Crippen LogP contribution < -0.4 is 0 Å². The average molecular weight is 388 g/mol. The Bertz CT molecular complexity index is 936. The minimum Gasteiger partial charge on any atom is -0.265 e. The van der Waals surface area contributed by atoms with E-state index in [0.717, 1.165) is 12.3 Å². The van der Waals surface area contributed by atoms with Crippen molar-refractivity contribution >= 4 is 10.1 Å². The van der Waals surface area contributed by atoms with Gasteiger partial charge in [0.2, 0.25) is 0 Å². The van der Waals surface area contributed by atoms with Gasteiger partial charge >= 0.3 is 6.18 Å². The van der Waals surface area contributed by atoms with E-state index in [0.29, 0.717) is 24.0 Å². The van der Waals surface area contributed by atoms with Gasteiger partial charge in [0.05, 0.1) is 18.4 Å². The van der Waals surface area contributed by atoms with Crippen molar-refractivity contribution < 1.29 is 30.2 Å². The Morgan fingerprint density at radius 3 is 2.50 bits per heavy atom. The van der Waals surface area contributed by atoms with Gasteiger partial charge in [0, 0.05) is 11.5 Å². The lowest BCUT2D eigenvalue weighted by atomic mass is 9.88. The maximum Gasteiger partial charge on any atom is 0.416 e.